The van der Waals surface area contributed by atoms with Crippen molar-refractivity contribution in [1.29, 1.82) is 0 Å². The Bertz CT molecular complexity index is 1530. The van der Waals surface area contributed by atoms with E-state index in [2.05, 4.69) is 35.5 Å². The Morgan fingerprint density at radius 3 is 2.60 bits per heavy atom. The first-order valence-electron chi connectivity index (χ1n) is 19.9. The second kappa shape index (κ2) is 19.0. The van der Waals surface area contributed by atoms with Gasteiger partial charge in [0.25, 0.3) is 0 Å². The Morgan fingerprint density at radius 2 is 1.85 bits per heavy atom. The Hall–Kier alpha value is -3.53. The van der Waals surface area contributed by atoms with Gasteiger partial charge in [-0.25, -0.2) is 0 Å². The highest BCUT2D eigenvalue weighted by Gasteiger charge is 2.46. The number of allylic oxidation sites excluding steroid dienone is 3. The molecule has 0 bridgehead atoms. The summed E-state index contributed by atoms with van der Waals surface area (Å²) in [7, 11) is 0. The van der Waals surface area contributed by atoms with Crippen LogP contribution in [0.2, 0.25) is 0 Å². The molecule has 1 fully saturated rings. The zero-order chi connectivity index (χ0) is 37.1. The number of aromatic amines is 1. The minimum atomic E-state index is -1.06. The third-order valence-corrected chi connectivity index (χ3v) is 12.0. The van der Waals surface area contributed by atoms with Gasteiger partial charge in [0.15, 0.2) is 0 Å². The van der Waals surface area contributed by atoms with E-state index in [4.69, 9.17) is 5.73 Å². The number of aliphatic carboxylic acids is 1. The number of carboxylic acid groups (broad SMARTS) is 1. The number of H-pyrrole nitrogens is 1. The molecule has 3 aliphatic rings. The van der Waals surface area contributed by atoms with Crippen LogP contribution in [-0.2, 0) is 11.2 Å². The number of unbranched alkanes of at least 4 members (excludes halogenated alkanes) is 4. The number of aromatic hydroxyl groups is 1. The van der Waals surface area contributed by atoms with Crippen molar-refractivity contribution in [2.24, 2.45) is 35.3 Å². The molecule has 2 aliphatic carbocycles. The number of nitrogens with one attached hydrogen (secondary N) is 2. The van der Waals surface area contributed by atoms with Crippen LogP contribution in [0.3, 0.4) is 0 Å². The molecule has 8 atom stereocenters. The number of dihydropyridines is 1. The lowest BCUT2D eigenvalue weighted by Gasteiger charge is -2.32. The van der Waals surface area contributed by atoms with Gasteiger partial charge in [-0.3, -0.25) is 4.79 Å². The third-order valence-electron chi connectivity index (χ3n) is 12.0. The van der Waals surface area contributed by atoms with Crippen LogP contribution in [0.1, 0.15) is 109 Å². The number of carbonyl (C=O) groups is 1. The molecule has 9 heteroatoms. The zero-order valence-corrected chi connectivity index (χ0v) is 31.1. The number of aliphatic hydroxyl groups is 3. The van der Waals surface area contributed by atoms with E-state index >= 15 is 0 Å². The molecular weight excluding hydrogens is 654 g/mol. The predicted octanol–water partition coefficient (Wildman–Crippen LogP) is 7.33. The number of aliphatic hydroxyl groups excluding tert-OH is 2. The summed E-state index contributed by atoms with van der Waals surface area (Å²) >= 11 is 0. The molecule has 0 saturated heterocycles. The van der Waals surface area contributed by atoms with Crippen LogP contribution in [0.25, 0.3) is 11.3 Å². The minimum absolute atomic E-state index is 0.0805. The maximum atomic E-state index is 12.3. The highest BCUT2D eigenvalue weighted by Crippen LogP contribution is 2.47. The summed E-state index contributed by atoms with van der Waals surface area (Å²) in [6.07, 6.45) is 19.9. The summed E-state index contributed by atoms with van der Waals surface area (Å²) in [5.74, 6) is -0.257. The van der Waals surface area contributed by atoms with Crippen LogP contribution in [0, 0.1) is 29.6 Å². The first-order valence-corrected chi connectivity index (χ1v) is 19.9. The van der Waals surface area contributed by atoms with Gasteiger partial charge >= 0.3 is 5.97 Å². The van der Waals surface area contributed by atoms with Crippen molar-refractivity contribution < 1.29 is 30.3 Å². The average Bonchev–Trinajstić information content (AvgIpc) is 3.70. The van der Waals surface area contributed by atoms with Crippen molar-refractivity contribution in [3.05, 3.63) is 77.8 Å². The van der Waals surface area contributed by atoms with Crippen molar-refractivity contribution >= 4 is 5.97 Å². The lowest BCUT2D eigenvalue weighted by molar-refractivity contribution is -0.146. The summed E-state index contributed by atoms with van der Waals surface area (Å²) in [5, 5.41) is 57.4. The van der Waals surface area contributed by atoms with E-state index < -0.39 is 23.6 Å². The van der Waals surface area contributed by atoms with Gasteiger partial charge in [0.2, 0.25) is 0 Å². The molecule has 5 rings (SSSR count). The van der Waals surface area contributed by atoms with Crippen molar-refractivity contribution in [3.8, 4) is 17.0 Å². The fourth-order valence-corrected chi connectivity index (χ4v) is 9.01. The van der Waals surface area contributed by atoms with Crippen LogP contribution < -0.4 is 11.1 Å². The monoisotopic (exact) mass is 717 g/mol. The topological polar surface area (TPSA) is 172 Å². The van der Waals surface area contributed by atoms with Crippen LogP contribution in [0.5, 0.6) is 5.75 Å². The van der Waals surface area contributed by atoms with Crippen molar-refractivity contribution in [1.82, 2.24) is 10.3 Å². The van der Waals surface area contributed by atoms with E-state index in [1.54, 1.807) is 12.1 Å². The van der Waals surface area contributed by atoms with Crippen molar-refractivity contribution in [2.75, 3.05) is 6.54 Å². The molecule has 1 saturated carbocycles. The quantitative estimate of drug-likeness (QED) is 0.0520. The van der Waals surface area contributed by atoms with E-state index in [-0.39, 0.29) is 36.0 Å². The third kappa shape index (κ3) is 11.2. The first-order chi connectivity index (χ1) is 25.0. The SMILES string of the molecule is CCCCC[C@@H]1C=C[C@@H](CCCCC[C@H](C(=O)O)[C@H](O)CC[C@]2(O)C[C@H](CC3=CCNC(N)=C3)C[C@H]2Cc2ccc(-c3cccc(O)c3)[nH]2)[C@H](O)C1. The van der Waals surface area contributed by atoms with Gasteiger partial charge < -0.3 is 41.6 Å². The van der Waals surface area contributed by atoms with Gasteiger partial charge in [-0.1, -0.05) is 75.8 Å². The van der Waals surface area contributed by atoms with Crippen LogP contribution in [0.15, 0.2) is 72.1 Å². The molecular formula is C43H63N3O6. The molecule has 52 heavy (non-hydrogen) atoms. The molecule has 0 radical (unpaired) electrons. The number of benzene rings is 1. The molecule has 0 unspecified atom stereocenters. The van der Waals surface area contributed by atoms with Gasteiger partial charge in [-0.15, -0.1) is 0 Å². The maximum Gasteiger partial charge on any atom is 0.309 e. The molecule has 1 aromatic heterocycles. The maximum absolute atomic E-state index is 12.3. The van der Waals surface area contributed by atoms with Crippen molar-refractivity contribution in [3.63, 3.8) is 0 Å². The molecule has 286 valence electrons. The largest absolute Gasteiger partial charge is 0.508 e. The normalized spacial score (nSPS) is 27.1. The second-order valence-corrected chi connectivity index (χ2v) is 16.0. The Labute approximate surface area is 310 Å². The fourth-order valence-electron chi connectivity index (χ4n) is 9.01. The number of phenols is 1. The number of rotatable bonds is 20. The second-order valence-electron chi connectivity index (χ2n) is 16.0. The highest BCUT2D eigenvalue weighted by atomic mass is 16.4. The number of phenolic OH excluding ortho intramolecular Hbond substituents is 1. The van der Waals surface area contributed by atoms with Crippen LogP contribution >= 0.6 is 0 Å². The Kier molecular flexibility index (Phi) is 14.5. The van der Waals surface area contributed by atoms with E-state index in [0.29, 0.717) is 50.4 Å². The lowest BCUT2D eigenvalue weighted by Crippen LogP contribution is -2.37. The molecule has 1 aromatic carbocycles. The number of nitrogens with two attached hydrogens (primary N) is 1. The molecule has 9 N–H and O–H groups in total. The number of carboxylic acids is 1. The highest BCUT2D eigenvalue weighted by molar-refractivity contribution is 5.70. The molecule has 0 amide bonds. The van der Waals surface area contributed by atoms with Gasteiger partial charge in [0, 0.05) is 29.4 Å². The number of aromatic nitrogens is 1. The van der Waals surface area contributed by atoms with Crippen LogP contribution in [0.4, 0.5) is 0 Å². The summed E-state index contributed by atoms with van der Waals surface area (Å²) in [6, 6.07) is 11.1. The summed E-state index contributed by atoms with van der Waals surface area (Å²) < 4.78 is 0. The minimum Gasteiger partial charge on any atom is -0.508 e. The van der Waals surface area contributed by atoms with E-state index in [9.17, 15) is 30.3 Å². The average molecular weight is 718 g/mol. The lowest BCUT2D eigenvalue weighted by atomic mass is 9.80. The molecule has 1 aliphatic heterocycles. The van der Waals surface area contributed by atoms with E-state index in [1.807, 2.05) is 30.3 Å². The van der Waals surface area contributed by atoms with Crippen LogP contribution in [-0.4, -0.2) is 60.8 Å². The Morgan fingerprint density at radius 1 is 1.02 bits per heavy atom. The Balaban J connectivity index is 1.15. The molecule has 2 heterocycles. The summed E-state index contributed by atoms with van der Waals surface area (Å²) in [6.45, 7) is 2.89. The van der Waals surface area contributed by atoms with Gasteiger partial charge in [-0.2, -0.15) is 0 Å². The molecule has 0 spiro atoms. The zero-order valence-electron chi connectivity index (χ0n) is 31.1. The van der Waals surface area contributed by atoms with E-state index in [0.717, 1.165) is 67.5 Å². The van der Waals surface area contributed by atoms with E-state index in [1.165, 1.54) is 19.3 Å². The van der Waals surface area contributed by atoms with Gasteiger partial charge in [0.1, 0.15) is 5.75 Å². The standard InChI is InChI=1S/C43H63N3O6/c1-2-3-5-9-29-14-15-32(40(49)24-29)10-6-4-7-13-37(42(50)51)39(48)18-20-43(52)28-31(22-30-19-21-45-41(44)25-30)23-34(43)27-35-16-17-38(46-35)33-11-8-12-36(47)26-33/h8,11-12,14-17,19,25-26,29,31-32,34,37,39-40,45-49,52H,2-7,9-10,13,18,20-24,27-28,44H2,1H3,(H,50,51)/t29-,31-,32-,34+,37+,39-,40-,43+/m1/s1. The fraction of sp³-hybridized carbons (Fsp3) is 0.605. The first kappa shape index (κ1) is 39.7. The molecule has 2 aromatic rings. The van der Waals surface area contributed by atoms with Gasteiger partial charge in [0.05, 0.1) is 29.5 Å². The number of hydrogen-bond acceptors (Lipinski definition) is 7. The smallest absolute Gasteiger partial charge is 0.309 e. The summed E-state index contributed by atoms with van der Waals surface area (Å²) in [5.41, 5.74) is 8.89. The van der Waals surface area contributed by atoms with Gasteiger partial charge in [-0.05, 0) is 118 Å². The number of hydrogen-bond donors (Lipinski definition) is 8. The predicted molar refractivity (Wildman–Crippen MR) is 206 cm³/mol. The van der Waals surface area contributed by atoms with Crippen molar-refractivity contribution in [2.45, 2.75) is 127 Å². The summed E-state index contributed by atoms with van der Waals surface area (Å²) in [4.78, 5) is 15.8. The molecule has 9 nitrogen and oxygen atoms in total.